The third kappa shape index (κ3) is 4.80. The van der Waals surface area contributed by atoms with Gasteiger partial charge in [-0.25, -0.2) is 0 Å². The molecule has 0 bridgehead atoms. The number of benzene rings is 2. The second-order valence-electron chi connectivity index (χ2n) is 5.28. The van der Waals surface area contributed by atoms with E-state index >= 15 is 0 Å². The summed E-state index contributed by atoms with van der Waals surface area (Å²) in [5.41, 5.74) is 1.99. The van der Waals surface area contributed by atoms with Crippen molar-refractivity contribution in [1.29, 1.82) is 0 Å². The predicted molar refractivity (Wildman–Crippen MR) is 92.5 cm³/mol. The molecule has 1 heterocycles. The molecule has 0 aliphatic heterocycles. The van der Waals surface area contributed by atoms with Gasteiger partial charge in [-0.15, -0.1) is 10.2 Å². The van der Waals surface area contributed by atoms with Gasteiger partial charge in [-0.05, 0) is 30.2 Å². The van der Waals surface area contributed by atoms with Gasteiger partial charge >= 0.3 is 0 Å². The monoisotopic (exact) mass is 357 g/mol. The van der Waals surface area contributed by atoms with E-state index in [1.54, 1.807) is 6.07 Å². The highest BCUT2D eigenvalue weighted by atomic mass is 32.2. The Bertz CT molecular complexity index is 882. The van der Waals surface area contributed by atoms with E-state index in [-0.39, 0.29) is 12.3 Å². The lowest BCUT2D eigenvalue weighted by molar-refractivity contribution is -0.384. The number of nitrogens with zero attached hydrogens (tertiary/aromatic N) is 3. The van der Waals surface area contributed by atoms with E-state index in [0.717, 1.165) is 16.9 Å². The van der Waals surface area contributed by atoms with Gasteiger partial charge < -0.3 is 9.15 Å². The minimum absolute atomic E-state index is 0.0656. The van der Waals surface area contributed by atoms with Crippen LogP contribution < -0.4 is 4.74 Å². The third-order valence-corrected chi connectivity index (χ3v) is 4.17. The lowest BCUT2D eigenvalue weighted by Gasteiger charge is -2.03. The van der Waals surface area contributed by atoms with Crippen molar-refractivity contribution in [2.45, 2.75) is 24.5 Å². The van der Waals surface area contributed by atoms with Crippen molar-refractivity contribution >= 4 is 17.4 Å². The minimum atomic E-state index is -0.415. The molecule has 0 saturated carbocycles. The van der Waals surface area contributed by atoms with Crippen LogP contribution in [0.1, 0.15) is 17.0 Å². The zero-order valence-electron chi connectivity index (χ0n) is 13.4. The molecule has 0 radical (unpaired) electrons. The molecule has 0 atom stereocenters. The first-order chi connectivity index (χ1) is 12.1. The lowest BCUT2D eigenvalue weighted by Crippen LogP contribution is -1.95. The maximum absolute atomic E-state index is 10.8. The van der Waals surface area contributed by atoms with Crippen molar-refractivity contribution in [3.05, 3.63) is 75.7 Å². The van der Waals surface area contributed by atoms with Crippen molar-refractivity contribution < 1.29 is 14.1 Å². The molecule has 0 aliphatic rings. The number of hydrogen-bond donors (Lipinski definition) is 0. The average molecular weight is 357 g/mol. The Kier molecular flexibility index (Phi) is 5.30. The van der Waals surface area contributed by atoms with Crippen LogP contribution in [-0.4, -0.2) is 15.1 Å². The number of aromatic nitrogens is 2. The summed E-state index contributed by atoms with van der Waals surface area (Å²) in [5, 5.41) is 19.1. The standard InChI is InChI=1S/C17H15N3O4S/c1-12-4-2-7-15(8-12)23-10-16-18-19-17(24-16)25-11-13-5-3-6-14(9-13)20(21)22/h2-9H,10-11H2,1H3. The van der Waals surface area contributed by atoms with E-state index in [4.69, 9.17) is 9.15 Å². The Morgan fingerprint density at radius 3 is 2.84 bits per heavy atom. The van der Waals surface area contributed by atoms with Crippen LogP contribution in [0.4, 0.5) is 5.69 Å². The summed E-state index contributed by atoms with van der Waals surface area (Å²) in [6.45, 7) is 2.18. The largest absolute Gasteiger partial charge is 0.484 e. The summed E-state index contributed by atoms with van der Waals surface area (Å²) in [7, 11) is 0. The molecule has 0 N–H and O–H groups in total. The van der Waals surface area contributed by atoms with Crippen LogP contribution in [0.3, 0.4) is 0 Å². The smallest absolute Gasteiger partial charge is 0.277 e. The van der Waals surface area contributed by atoms with Gasteiger partial charge in [-0.3, -0.25) is 10.1 Å². The molecule has 7 nitrogen and oxygen atoms in total. The third-order valence-electron chi connectivity index (χ3n) is 3.28. The molecule has 0 unspecified atom stereocenters. The minimum Gasteiger partial charge on any atom is -0.484 e. The predicted octanol–water partition coefficient (Wildman–Crippen LogP) is 4.16. The quantitative estimate of drug-likeness (QED) is 0.356. The highest BCUT2D eigenvalue weighted by Gasteiger charge is 2.10. The van der Waals surface area contributed by atoms with E-state index in [2.05, 4.69) is 10.2 Å². The molecule has 8 heteroatoms. The molecular weight excluding hydrogens is 342 g/mol. The summed E-state index contributed by atoms with van der Waals surface area (Å²) in [5.74, 6) is 1.62. The lowest BCUT2D eigenvalue weighted by atomic mass is 10.2. The van der Waals surface area contributed by atoms with E-state index in [1.165, 1.54) is 23.9 Å². The Morgan fingerprint density at radius 1 is 1.20 bits per heavy atom. The van der Waals surface area contributed by atoms with Crippen LogP contribution in [0, 0.1) is 17.0 Å². The normalized spacial score (nSPS) is 10.6. The van der Waals surface area contributed by atoms with Gasteiger partial charge in [0.15, 0.2) is 6.61 Å². The molecule has 3 rings (SSSR count). The highest BCUT2D eigenvalue weighted by molar-refractivity contribution is 7.98. The highest BCUT2D eigenvalue weighted by Crippen LogP contribution is 2.24. The van der Waals surface area contributed by atoms with Gasteiger partial charge in [-0.2, -0.15) is 0 Å². The fourth-order valence-electron chi connectivity index (χ4n) is 2.11. The number of non-ortho nitro benzene ring substituents is 1. The Hall–Kier alpha value is -2.87. The average Bonchev–Trinajstić information content (AvgIpc) is 3.06. The molecule has 0 amide bonds. The first-order valence-electron chi connectivity index (χ1n) is 7.48. The maximum atomic E-state index is 10.8. The van der Waals surface area contributed by atoms with Crippen LogP contribution in [-0.2, 0) is 12.4 Å². The van der Waals surface area contributed by atoms with Crippen molar-refractivity contribution in [2.75, 3.05) is 0 Å². The van der Waals surface area contributed by atoms with Crippen LogP contribution in [0.25, 0.3) is 0 Å². The van der Waals surface area contributed by atoms with Crippen LogP contribution in [0.5, 0.6) is 5.75 Å². The number of ether oxygens (including phenoxy) is 1. The molecule has 0 saturated heterocycles. The van der Waals surface area contributed by atoms with Crippen LogP contribution >= 0.6 is 11.8 Å². The molecule has 128 valence electrons. The van der Waals surface area contributed by atoms with Crippen molar-refractivity contribution in [3.8, 4) is 5.75 Å². The number of aryl methyl sites for hydroxylation is 1. The van der Waals surface area contributed by atoms with E-state index in [9.17, 15) is 10.1 Å². The van der Waals surface area contributed by atoms with E-state index in [1.807, 2.05) is 37.3 Å². The van der Waals surface area contributed by atoms with Crippen molar-refractivity contribution in [3.63, 3.8) is 0 Å². The number of nitro groups is 1. The van der Waals surface area contributed by atoms with Gasteiger partial charge in [0.05, 0.1) is 4.92 Å². The van der Waals surface area contributed by atoms with Crippen molar-refractivity contribution in [1.82, 2.24) is 10.2 Å². The van der Waals surface area contributed by atoms with Crippen LogP contribution in [0.15, 0.2) is 58.2 Å². The fourth-order valence-corrected chi connectivity index (χ4v) is 2.83. The number of nitro benzene ring substituents is 1. The number of hydrogen-bond acceptors (Lipinski definition) is 7. The Balaban J connectivity index is 1.55. The zero-order valence-corrected chi connectivity index (χ0v) is 14.2. The van der Waals surface area contributed by atoms with Gasteiger partial charge in [0.2, 0.25) is 0 Å². The molecule has 1 aromatic heterocycles. The second kappa shape index (κ2) is 7.80. The summed E-state index contributed by atoms with van der Waals surface area (Å²) in [4.78, 5) is 10.4. The molecule has 3 aromatic rings. The number of thioether (sulfide) groups is 1. The topological polar surface area (TPSA) is 91.3 Å². The summed E-state index contributed by atoms with van der Waals surface area (Å²) in [6, 6.07) is 14.2. The molecule has 2 aromatic carbocycles. The van der Waals surface area contributed by atoms with E-state index < -0.39 is 4.92 Å². The van der Waals surface area contributed by atoms with Gasteiger partial charge in [0, 0.05) is 17.9 Å². The SMILES string of the molecule is Cc1cccc(OCc2nnc(SCc3cccc([N+](=O)[O-])c3)o2)c1. The van der Waals surface area contributed by atoms with Gasteiger partial charge in [0.25, 0.3) is 16.8 Å². The number of rotatable bonds is 7. The maximum Gasteiger partial charge on any atom is 0.277 e. The fraction of sp³-hybridized carbons (Fsp3) is 0.176. The van der Waals surface area contributed by atoms with E-state index in [0.29, 0.717) is 16.9 Å². The Labute approximate surface area is 148 Å². The first kappa shape index (κ1) is 17.0. The first-order valence-corrected chi connectivity index (χ1v) is 8.47. The summed E-state index contributed by atoms with van der Waals surface area (Å²) >= 11 is 1.32. The van der Waals surface area contributed by atoms with Crippen LogP contribution in [0.2, 0.25) is 0 Å². The molecule has 25 heavy (non-hydrogen) atoms. The second-order valence-corrected chi connectivity index (χ2v) is 6.21. The van der Waals surface area contributed by atoms with Gasteiger partial charge in [0.1, 0.15) is 5.75 Å². The molecule has 0 fully saturated rings. The summed E-state index contributed by atoms with van der Waals surface area (Å²) < 4.78 is 11.1. The zero-order chi connectivity index (χ0) is 17.6. The molecule has 0 aliphatic carbocycles. The molecular formula is C17H15N3O4S. The van der Waals surface area contributed by atoms with Crippen molar-refractivity contribution in [2.24, 2.45) is 0 Å². The Morgan fingerprint density at radius 2 is 2.04 bits per heavy atom. The summed E-state index contributed by atoms with van der Waals surface area (Å²) in [6.07, 6.45) is 0. The molecule has 0 spiro atoms. The van der Waals surface area contributed by atoms with Gasteiger partial charge in [-0.1, -0.05) is 36.0 Å².